The van der Waals surface area contributed by atoms with Gasteiger partial charge in [0.15, 0.2) is 0 Å². The number of fused-ring (bicyclic) bond motifs is 1. The molecule has 7 nitrogen and oxygen atoms in total. The number of aromatic hydroxyl groups is 1. The minimum atomic E-state index is -0.0742. The number of aromatic nitrogens is 4. The van der Waals surface area contributed by atoms with E-state index < -0.39 is 0 Å². The SMILES string of the molecule is Cc1ccc(-c2nc(CN3CCC(n4c(=O)[nH]c5cc(Cl)ccc54)CC3)c(C)[nH]2)cc1O. The number of H-pyrrole nitrogens is 2. The minimum absolute atomic E-state index is 0.0742. The Labute approximate surface area is 190 Å². The zero-order valence-corrected chi connectivity index (χ0v) is 18.9. The number of nitrogens with zero attached hydrogens (tertiary/aromatic N) is 3. The van der Waals surface area contributed by atoms with Gasteiger partial charge in [0.05, 0.1) is 16.7 Å². The van der Waals surface area contributed by atoms with Crippen LogP contribution < -0.4 is 5.69 Å². The van der Waals surface area contributed by atoms with Crippen molar-refractivity contribution in [2.75, 3.05) is 13.1 Å². The van der Waals surface area contributed by atoms with E-state index in [1.165, 1.54) is 0 Å². The third-order valence-electron chi connectivity index (χ3n) is 6.44. The van der Waals surface area contributed by atoms with Crippen LogP contribution in [-0.2, 0) is 6.54 Å². The van der Waals surface area contributed by atoms with Crippen molar-refractivity contribution in [1.82, 2.24) is 24.4 Å². The lowest BCUT2D eigenvalue weighted by atomic mass is 10.0. The van der Waals surface area contributed by atoms with E-state index in [9.17, 15) is 9.90 Å². The molecule has 2 aromatic heterocycles. The largest absolute Gasteiger partial charge is 0.508 e. The third-order valence-corrected chi connectivity index (χ3v) is 6.68. The second-order valence-corrected chi connectivity index (χ2v) is 9.06. The molecule has 0 bridgehead atoms. The summed E-state index contributed by atoms with van der Waals surface area (Å²) >= 11 is 6.07. The first kappa shape index (κ1) is 20.8. The first-order valence-electron chi connectivity index (χ1n) is 10.9. The van der Waals surface area contributed by atoms with Gasteiger partial charge in [-0.1, -0.05) is 23.7 Å². The molecule has 0 amide bonds. The maximum absolute atomic E-state index is 12.6. The summed E-state index contributed by atoms with van der Waals surface area (Å²) in [6.45, 7) is 6.45. The molecule has 0 unspecified atom stereocenters. The quantitative estimate of drug-likeness (QED) is 0.425. The van der Waals surface area contributed by atoms with Gasteiger partial charge in [-0.25, -0.2) is 9.78 Å². The number of halogens is 1. The van der Waals surface area contributed by atoms with Crippen LogP contribution in [0.4, 0.5) is 0 Å². The van der Waals surface area contributed by atoms with E-state index in [1.54, 1.807) is 12.1 Å². The lowest BCUT2D eigenvalue weighted by Gasteiger charge is -2.32. The van der Waals surface area contributed by atoms with E-state index in [0.29, 0.717) is 5.02 Å². The first-order valence-corrected chi connectivity index (χ1v) is 11.2. The topological polar surface area (TPSA) is 89.9 Å². The summed E-state index contributed by atoms with van der Waals surface area (Å²) in [5.41, 5.74) is 5.38. The zero-order chi connectivity index (χ0) is 22.4. The van der Waals surface area contributed by atoms with Crippen LogP contribution in [0.5, 0.6) is 5.75 Å². The van der Waals surface area contributed by atoms with Gasteiger partial charge in [-0.15, -0.1) is 0 Å². The summed E-state index contributed by atoms with van der Waals surface area (Å²) in [5.74, 6) is 1.04. The summed E-state index contributed by atoms with van der Waals surface area (Å²) in [6, 6.07) is 11.3. The monoisotopic (exact) mass is 451 g/mol. The normalized spacial score (nSPS) is 15.6. The predicted octanol–water partition coefficient (Wildman–Crippen LogP) is 4.53. The number of aromatic amines is 2. The number of hydrogen-bond donors (Lipinski definition) is 3. The molecule has 2 aromatic carbocycles. The van der Waals surface area contributed by atoms with Crippen molar-refractivity contribution in [2.45, 2.75) is 39.3 Å². The summed E-state index contributed by atoms with van der Waals surface area (Å²) in [4.78, 5) is 26.0. The highest BCUT2D eigenvalue weighted by Gasteiger charge is 2.24. The Kier molecular flexibility index (Phi) is 5.31. The molecule has 0 atom stereocenters. The van der Waals surface area contributed by atoms with Crippen molar-refractivity contribution in [3.05, 3.63) is 68.9 Å². The van der Waals surface area contributed by atoms with Crippen molar-refractivity contribution in [3.63, 3.8) is 0 Å². The number of hydrogen-bond acceptors (Lipinski definition) is 4. The van der Waals surface area contributed by atoms with Crippen LogP contribution >= 0.6 is 11.6 Å². The van der Waals surface area contributed by atoms with Gasteiger partial charge in [0.25, 0.3) is 0 Å². The first-order chi connectivity index (χ1) is 15.4. The number of nitrogens with one attached hydrogen (secondary N) is 2. The summed E-state index contributed by atoms with van der Waals surface area (Å²) in [6.07, 6.45) is 1.80. The number of aryl methyl sites for hydroxylation is 2. The predicted molar refractivity (Wildman–Crippen MR) is 126 cm³/mol. The molecular formula is C24H26ClN5O2. The number of rotatable bonds is 4. The fraction of sp³-hybridized carbons (Fsp3) is 0.333. The molecule has 1 fully saturated rings. The highest BCUT2D eigenvalue weighted by Crippen LogP contribution is 2.28. The molecule has 0 radical (unpaired) electrons. The van der Waals surface area contributed by atoms with Gasteiger partial charge in [-0.05, 0) is 56.5 Å². The van der Waals surface area contributed by atoms with E-state index >= 15 is 0 Å². The Bertz CT molecular complexity index is 1340. The molecule has 0 spiro atoms. The summed E-state index contributed by atoms with van der Waals surface area (Å²) < 4.78 is 1.88. The van der Waals surface area contributed by atoms with Gasteiger partial charge in [0.2, 0.25) is 0 Å². The molecule has 3 N–H and O–H groups in total. The van der Waals surface area contributed by atoms with E-state index in [1.807, 2.05) is 42.7 Å². The van der Waals surface area contributed by atoms with Gasteiger partial charge < -0.3 is 15.1 Å². The van der Waals surface area contributed by atoms with Crippen LogP contribution in [0.25, 0.3) is 22.4 Å². The second kappa shape index (κ2) is 8.15. The van der Waals surface area contributed by atoms with E-state index in [2.05, 4.69) is 14.9 Å². The molecule has 5 rings (SSSR count). The van der Waals surface area contributed by atoms with Crippen molar-refractivity contribution >= 4 is 22.6 Å². The van der Waals surface area contributed by atoms with Crippen molar-refractivity contribution in [1.29, 1.82) is 0 Å². The molecule has 8 heteroatoms. The number of likely N-dealkylation sites (tertiary alicyclic amines) is 1. The van der Waals surface area contributed by atoms with Crippen molar-refractivity contribution < 1.29 is 5.11 Å². The Morgan fingerprint density at radius 3 is 2.66 bits per heavy atom. The number of phenolic OH excluding ortho intramolecular Hbond substituents is 1. The van der Waals surface area contributed by atoms with Gasteiger partial charge in [0, 0.05) is 42.0 Å². The van der Waals surface area contributed by atoms with E-state index in [-0.39, 0.29) is 17.5 Å². The molecule has 0 saturated carbocycles. The number of imidazole rings is 2. The Hall–Kier alpha value is -3.03. The van der Waals surface area contributed by atoms with Crippen LogP contribution in [0.3, 0.4) is 0 Å². The molecule has 4 aromatic rings. The fourth-order valence-electron chi connectivity index (χ4n) is 4.56. The average molecular weight is 452 g/mol. The van der Waals surface area contributed by atoms with Gasteiger partial charge in [-0.2, -0.15) is 0 Å². The Morgan fingerprint density at radius 2 is 1.91 bits per heavy atom. The highest BCUT2D eigenvalue weighted by molar-refractivity contribution is 6.31. The molecule has 1 saturated heterocycles. The standard InChI is InChI=1S/C24H26ClN5O2/c1-14-3-4-16(11-22(14)31)23-26-15(2)20(27-23)13-29-9-7-18(8-10-29)30-21-6-5-17(25)12-19(21)28-24(30)32/h3-6,11-12,18,31H,7-10,13H2,1-2H3,(H,26,27)(H,28,32). The van der Waals surface area contributed by atoms with Crippen LogP contribution in [0.2, 0.25) is 5.02 Å². The molecule has 32 heavy (non-hydrogen) atoms. The number of phenols is 1. The van der Waals surface area contributed by atoms with Crippen LogP contribution in [0.15, 0.2) is 41.2 Å². The molecule has 166 valence electrons. The molecular weight excluding hydrogens is 426 g/mol. The van der Waals surface area contributed by atoms with E-state index in [4.69, 9.17) is 16.6 Å². The van der Waals surface area contributed by atoms with Gasteiger partial charge in [-0.3, -0.25) is 9.47 Å². The van der Waals surface area contributed by atoms with E-state index in [0.717, 1.165) is 71.8 Å². The lowest BCUT2D eigenvalue weighted by Crippen LogP contribution is -2.36. The third kappa shape index (κ3) is 3.82. The summed E-state index contributed by atoms with van der Waals surface area (Å²) in [7, 11) is 0. The second-order valence-electron chi connectivity index (χ2n) is 8.63. The maximum Gasteiger partial charge on any atom is 0.326 e. The Morgan fingerprint density at radius 1 is 1.12 bits per heavy atom. The molecule has 3 heterocycles. The lowest BCUT2D eigenvalue weighted by molar-refractivity contribution is 0.178. The average Bonchev–Trinajstić information content (AvgIpc) is 3.29. The maximum atomic E-state index is 12.6. The zero-order valence-electron chi connectivity index (χ0n) is 18.2. The number of benzene rings is 2. The van der Waals surface area contributed by atoms with Crippen LogP contribution in [0.1, 0.15) is 35.8 Å². The van der Waals surface area contributed by atoms with Crippen molar-refractivity contribution in [3.8, 4) is 17.1 Å². The molecule has 1 aliphatic rings. The smallest absolute Gasteiger partial charge is 0.326 e. The van der Waals surface area contributed by atoms with Crippen LogP contribution in [0, 0.1) is 13.8 Å². The minimum Gasteiger partial charge on any atom is -0.508 e. The summed E-state index contributed by atoms with van der Waals surface area (Å²) in [5, 5.41) is 10.6. The fourth-order valence-corrected chi connectivity index (χ4v) is 4.73. The van der Waals surface area contributed by atoms with Crippen molar-refractivity contribution in [2.24, 2.45) is 0 Å². The molecule has 0 aliphatic carbocycles. The van der Waals surface area contributed by atoms with Gasteiger partial charge in [0.1, 0.15) is 11.6 Å². The van der Waals surface area contributed by atoms with Crippen LogP contribution in [-0.4, -0.2) is 42.6 Å². The Balaban J connectivity index is 1.29. The molecule has 1 aliphatic heterocycles. The van der Waals surface area contributed by atoms with Gasteiger partial charge >= 0.3 is 5.69 Å². The highest BCUT2D eigenvalue weighted by atomic mass is 35.5. The number of piperidine rings is 1.